The van der Waals surface area contributed by atoms with Crippen LogP contribution in [0, 0.1) is 6.92 Å². The highest BCUT2D eigenvalue weighted by Crippen LogP contribution is 2.36. The maximum absolute atomic E-state index is 3.84. The van der Waals surface area contributed by atoms with Gasteiger partial charge in [-0.05, 0) is 62.4 Å². The molecule has 0 unspecified atom stereocenters. The molecule has 0 fully saturated rings. The summed E-state index contributed by atoms with van der Waals surface area (Å²) >= 11 is 3.61. The van der Waals surface area contributed by atoms with Gasteiger partial charge in [0.05, 0.1) is 0 Å². The van der Waals surface area contributed by atoms with E-state index in [4.69, 9.17) is 0 Å². The summed E-state index contributed by atoms with van der Waals surface area (Å²) in [5.74, 6) is 0. The van der Waals surface area contributed by atoms with E-state index in [2.05, 4.69) is 82.5 Å². The van der Waals surface area contributed by atoms with E-state index in [1.807, 2.05) is 0 Å². The van der Waals surface area contributed by atoms with Gasteiger partial charge >= 0.3 is 0 Å². The molecule has 24 heavy (non-hydrogen) atoms. The first kappa shape index (κ1) is 15.9. The third kappa shape index (κ3) is 2.91. The van der Waals surface area contributed by atoms with Crippen LogP contribution in [0.3, 0.4) is 0 Å². The second-order valence-corrected chi connectivity index (χ2v) is 7.87. The Balaban J connectivity index is 1.64. The van der Waals surface area contributed by atoms with E-state index >= 15 is 0 Å². The molecule has 2 aromatic carbocycles. The highest BCUT2D eigenvalue weighted by Gasteiger charge is 2.25. The summed E-state index contributed by atoms with van der Waals surface area (Å²) in [6.07, 6.45) is 3.60. The van der Waals surface area contributed by atoms with Gasteiger partial charge in [0, 0.05) is 33.2 Å². The summed E-state index contributed by atoms with van der Waals surface area (Å²) in [4.78, 5) is 3.68. The number of aromatic nitrogens is 1. The number of aryl methyl sites for hydroxylation is 2. The Morgan fingerprint density at radius 3 is 2.75 bits per heavy atom. The van der Waals surface area contributed by atoms with E-state index < -0.39 is 0 Å². The van der Waals surface area contributed by atoms with Crippen molar-refractivity contribution < 1.29 is 0 Å². The topological polar surface area (TPSA) is 27.8 Å². The predicted octanol–water partition coefficient (Wildman–Crippen LogP) is 5.97. The molecule has 1 aliphatic carbocycles. The van der Waals surface area contributed by atoms with Crippen LogP contribution in [0.5, 0.6) is 0 Å². The lowest BCUT2D eigenvalue weighted by Gasteiger charge is -2.27. The third-order valence-electron chi connectivity index (χ3n) is 5.20. The highest BCUT2D eigenvalue weighted by atomic mass is 79.9. The lowest BCUT2D eigenvalue weighted by atomic mass is 9.91. The molecule has 1 aromatic heterocycles. The molecule has 2 nitrogen and oxygen atoms in total. The fourth-order valence-corrected chi connectivity index (χ4v) is 4.22. The quantitative estimate of drug-likeness (QED) is 0.573. The van der Waals surface area contributed by atoms with Gasteiger partial charge in [-0.25, -0.2) is 0 Å². The van der Waals surface area contributed by atoms with E-state index in [0.717, 1.165) is 4.47 Å². The molecule has 2 N–H and O–H groups in total. The van der Waals surface area contributed by atoms with Crippen molar-refractivity contribution in [2.45, 2.75) is 45.2 Å². The molecular weight excluding hydrogens is 360 g/mol. The molecule has 0 aliphatic heterocycles. The van der Waals surface area contributed by atoms with Crippen molar-refractivity contribution >= 4 is 26.8 Å². The Morgan fingerprint density at radius 1 is 1.17 bits per heavy atom. The van der Waals surface area contributed by atoms with Gasteiger partial charge < -0.3 is 10.3 Å². The Labute approximate surface area is 151 Å². The van der Waals surface area contributed by atoms with E-state index in [0.29, 0.717) is 12.1 Å². The monoisotopic (exact) mass is 382 g/mol. The molecule has 1 aliphatic rings. The molecule has 3 heteroatoms. The Hall–Kier alpha value is -1.58. The second-order valence-electron chi connectivity index (χ2n) is 6.95. The zero-order valence-electron chi connectivity index (χ0n) is 14.2. The molecule has 0 spiro atoms. The summed E-state index contributed by atoms with van der Waals surface area (Å²) in [7, 11) is 0. The first-order valence-corrected chi connectivity index (χ1v) is 9.54. The molecule has 0 saturated carbocycles. The fourth-order valence-electron chi connectivity index (χ4n) is 3.85. The smallest absolute Gasteiger partial charge is 0.0480 e. The van der Waals surface area contributed by atoms with Crippen LogP contribution >= 0.6 is 15.9 Å². The van der Waals surface area contributed by atoms with E-state index in [1.165, 1.54) is 52.5 Å². The Morgan fingerprint density at radius 2 is 1.96 bits per heavy atom. The minimum absolute atomic E-state index is 0.347. The SMILES string of the molecule is Cc1ccc([C@@H](C)N[C@@H]2CCCc3c2[nH]c2ccc(Br)cc32)cc1. The summed E-state index contributed by atoms with van der Waals surface area (Å²) < 4.78 is 1.15. The van der Waals surface area contributed by atoms with Crippen LogP contribution in [0.25, 0.3) is 10.9 Å². The van der Waals surface area contributed by atoms with Crippen LogP contribution < -0.4 is 5.32 Å². The van der Waals surface area contributed by atoms with Gasteiger partial charge in [-0.15, -0.1) is 0 Å². The summed E-state index contributed by atoms with van der Waals surface area (Å²) in [6.45, 7) is 4.40. The average molecular weight is 383 g/mol. The van der Waals surface area contributed by atoms with Crippen molar-refractivity contribution in [2.75, 3.05) is 0 Å². The van der Waals surface area contributed by atoms with Crippen molar-refractivity contribution in [3.8, 4) is 0 Å². The van der Waals surface area contributed by atoms with Crippen molar-refractivity contribution in [3.05, 3.63) is 69.3 Å². The summed E-state index contributed by atoms with van der Waals surface area (Å²) in [5.41, 5.74) is 6.79. The molecule has 124 valence electrons. The molecule has 0 saturated heterocycles. The zero-order chi connectivity index (χ0) is 16.7. The van der Waals surface area contributed by atoms with Crippen LogP contribution in [0.15, 0.2) is 46.9 Å². The highest BCUT2D eigenvalue weighted by molar-refractivity contribution is 9.10. The van der Waals surface area contributed by atoms with Gasteiger partial charge in [0.25, 0.3) is 0 Å². The van der Waals surface area contributed by atoms with Crippen molar-refractivity contribution in [3.63, 3.8) is 0 Å². The van der Waals surface area contributed by atoms with Crippen LogP contribution in [0.2, 0.25) is 0 Å². The molecular formula is C21H23BrN2. The fraction of sp³-hybridized carbons (Fsp3) is 0.333. The molecule has 0 radical (unpaired) electrons. The Bertz CT molecular complexity index is 863. The number of hydrogen-bond acceptors (Lipinski definition) is 1. The van der Waals surface area contributed by atoms with E-state index in [-0.39, 0.29) is 0 Å². The number of H-pyrrole nitrogens is 1. The summed E-state index contributed by atoms with van der Waals surface area (Å²) in [6, 6.07) is 16.1. The Kier molecular flexibility index (Phi) is 4.23. The normalized spacial score (nSPS) is 18.5. The van der Waals surface area contributed by atoms with Crippen molar-refractivity contribution in [2.24, 2.45) is 0 Å². The minimum atomic E-state index is 0.347. The van der Waals surface area contributed by atoms with Crippen LogP contribution in [0.1, 0.15) is 54.2 Å². The first-order chi connectivity index (χ1) is 11.6. The molecule has 4 rings (SSSR count). The van der Waals surface area contributed by atoms with E-state index in [9.17, 15) is 0 Å². The third-order valence-corrected chi connectivity index (χ3v) is 5.69. The number of nitrogens with one attached hydrogen (secondary N) is 2. The maximum Gasteiger partial charge on any atom is 0.0480 e. The van der Waals surface area contributed by atoms with Crippen molar-refractivity contribution in [1.29, 1.82) is 0 Å². The minimum Gasteiger partial charge on any atom is -0.357 e. The number of aromatic amines is 1. The number of rotatable bonds is 3. The number of hydrogen-bond donors (Lipinski definition) is 2. The summed E-state index contributed by atoms with van der Waals surface area (Å²) in [5, 5.41) is 5.21. The number of fused-ring (bicyclic) bond motifs is 3. The maximum atomic E-state index is 3.84. The predicted molar refractivity (Wildman–Crippen MR) is 104 cm³/mol. The lowest BCUT2D eigenvalue weighted by Crippen LogP contribution is -2.27. The second kappa shape index (κ2) is 6.38. The molecule has 1 heterocycles. The van der Waals surface area contributed by atoms with Crippen molar-refractivity contribution in [1.82, 2.24) is 10.3 Å². The molecule has 3 aromatic rings. The average Bonchev–Trinajstić information content (AvgIpc) is 2.94. The number of halogens is 1. The molecule has 0 amide bonds. The van der Waals surface area contributed by atoms with E-state index in [1.54, 1.807) is 0 Å². The molecule has 0 bridgehead atoms. The zero-order valence-corrected chi connectivity index (χ0v) is 15.8. The first-order valence-electron chi connectivity index (χ1n) is 8.74. The van der Waals surface area contributed by atoms with Gasteiger partial charge in [-0.2, -0.15) is 0 Å². The van der Waals surface area contributed by atoms with Crippen LogP contribution in [-0.4, -0.2) is 4.98 Å². The number of benzene rings is 2. The van der Waals surface area contributed by atoms with Crippen LogP contribution in [-0.2, 0) is 6.42 Å². The molecule has 2 atom stereocenters. The standard InChI is InChI=1S/C21H23BrN2/c1-13-6-8-15(9-7-13)14(2)23-20-5-3-4-17-18-12-16(22)10-11-19(18)24-21(17)20/h6-12,14,20,23-24H,3-5H2,1-2H3/t14-,20-/m1/s1. The van der Waals surface area contributed by atoms with Gasteiger partial charge in [0.1, 0.15) is 0 Å². The van der Waals surface area contributed by atoms with Gasteiger partial charge in [-0.1, -0.05) is 45.8 Å². The van der Waals surface area contributed by atoms with Gasteiger partial charge in [0.2, 0.25) is 0 Å². The van der Waals surface area contributed by atoms with Crippen LogP contribution in [0.4, 0.5) is 0 Å². The lowest BCUT2D eigenvalue weighted by molar-refractivity contribution is 0.410. The largest absolute Gasteiger partial charge is 0.357 e. The van der Waals surface area contributed by atoms with Gasteiger partial charge in [-0.3, -0.25) is 0 Å². The van der Waals surface area contributed by atoms with Gasteiger partial charge in [0.15, 0.2) is 0 Å².